The Hall–Kier alpha value is -3.72. The van der Waals surface area contributed by atoms with E-state index in [1.807, 2.05) is 36.4 Å². The van der Waals surface area contributed by atoms with E-state index in [1.165, 1.54) is 11.1 Å². The van der Waals surface area contributed by atoms with Gasteiger partial charge in [0.05, 0.1) is 12.7 Å². The van der Waals surface area contributed by atoms with Crippen molar-refractivity contribution >= 4 is 0 Å². The minimum absolute atomic E-state index is 0.425. The summed E-state index contributed by atoms with van der Waals surface area (Å²) in [4.78, 5) is 0. The van der Waals surface area contributed by atoms with Gasteiger partial charge in [-0.25, -0.2) is 0 Å². The summed E-state index contributed by atoms with van der Waals surface area (Å²) < 4.78 is 18.0. The average Bonchev–Trinajstić information content (AvgIpc) is 2.91. The Bertz CT molecular complexity index is 1240. The summed E-state index contributed by atoms with van der Waals surface area (Å²) >= 11 is 0. The van der Waals surface area contributed by atoms with Gasteiger partial charge in [0.2, 0.25) is 0 Å². The molecule has 0 saturated heterocycles. The molecular formula is C33H36O3. The molecule has 0 spiro atoms. The summed E-state index contributed by atoms with van der Waals surface area (Å²) in [6.45, 7) is 7.51. The molecule has 0 atom stereocenters. The molecule has 186 valence electrons. The van der Waals surface area contributed by atoms with Crippen molar-refractivity contribution in [3.63, 3.8) is 0 Å². The molecule has 3 nitrogen and oxygen atoms in total. The van der Waals surface area contributed by atoms with Crippen LogP contribution in [0.1, 0.15) is 31.9 Å². The number of methoxy groups -OCH3 is 1. The molecule has 0 heterocycles. The molecule has 0 aliphatic carbocycles. The lowest BCUT2D eigenvalue weighted by atomic mass is 9.99. The first-order chi connectivity index (χ1) is 17.6. The predicted octanol–water partition coefficient (Wildman–Crippen LogP) is 8.25. The molecule has 0 radical (unpaired) electrons. The zero-order valence-electron chi connectivity index (χ0n) is 21.8. The summed E-state index contributed by atoms with van der Waals surface area (Å²) in [5.41, 5.74) is 6.95. The first-order valence-corrected chi connectivity index (χ1v) is 12.8. The van der Waals surface area contributed by atoms with Crippen LogP contribution >= 0.6 is 0 Å². The smallest absolute Gasteiger partial charge is 0.131 e. The maximum Gasteiger partial charge on any atom is 0.131 e. The second-order valence-electron chi connectivity index (χ2n) is 9.37. The van der Waals surface area contributed by atoms with Gasteiger partial charge in [-0.3, -0.25) is 0 Å². The topological polar surface area (TPSA) is 27.7 Å². The number of ether oxygens (including phenoxy) is 3. The van der Waals surface area contributed by atoms with Crippen molar-refractivity contribution in [2.75, 3.05) is 20.3 Å². The molecule has 0 aromatic heterocycles. The third-order valence-electron chi connectivity index (χ3n) is 6.25. The Balaban J connectivity index is 1.45. The second-order valence-corrected chi connectivity index (χ2v) is 9.37. The van der Waals surface area contributed by atoms with E-state index in [0.717, 1.165) is 52.3 Å². The molecule has 0 aliphatic heterocycles. The van der Waals surface area contributed by atoms with Crippen LogP contribution in [0.25, 0.3) is 22.3 Å². The second kappa shape index (κ2) is 12.3. The van der Waals surface area contributed by atoms with Gasteiger partial charge in [-0.05, 0) is 59.2 Å². The van der Waals surface area contributed by atoms with Gasteiger partial charge in [0.15, 0.2) is 0 Å². The molecule has 0 fully saturated rings. The van der Waals surface area contributed by atoms with E-state index in [-0.39, 0.29) is 0 Å². The van der Waals surface area contributed by atoms with E-state index in [1.54, 1.807) is 7.11 Å². The van der Waals surface area contributed by atoms with Gasteiger partial charge in [-0.2, -0.15) is 0 Å². The zero-order chi connectivity index (χ0) is 25.3. The Morgan fingerprint density at radius 3 is 1.86 bits per heavy atom. The summed E-state index contributed by atoms with van der Waals surface area (Å²) in [5, 5.41) is 0. The highest BCUT2D eigenvalue weighted by Crippen LogP contribution is 2.38. The van der Waals surface area contributed by atoms with E-state index in [4.69, 9.17) is 14.2 Å². The summed E-state index contributed by atoms with van der Waals surface area (Å²) in [7, 11) is 1.69. The lowest BCUT2D eigenvalue weighted by Gasteiger charge is -2.16. The van der Waals surface area contributed by atoms with Crippen molar-refractivity contribution in [3.05, 3.63) is 102 Å². The maximum atomic E-state index is 6.21. The minimum Gasteiger partial charge on any atom is -0.496 e. The number of benzene rings is 4. The molecule has 0 amide bonds. The highest BCUT2D eigenvalue weighted by Gasteiger charge is 2.13. The Labute approximate surface area is 215 Å². The number of aryl methyl sites for hydroxylation is 1. The molecule has 4 rings (SSSR count). The van der Waals surface area contributed by atoms with Crippen LogP contribution in [0.2, 0.25) is 0 Å². The molecule has 0 N–H and O–H groups in total. The first kappa shape index (κ1) is 25.4. The van der Waals surface area contributed by atoms with Gasteiger partial charge in [0.1, 0.15) is 30.5 Å². The van der Waals surface area contributed by atoms with Crippen molar-refractivity contribution in [3.8, 4) is 39.5 Å². The van der Waals surface area contributed by atoms with Gasteiger partial charge >= 0.3 is 0 Å². The van der Waals surface area contributed by atoms with Crippen molar-refractivity contribution < 1.29 is 14.2 Å². The fraction of sp³-hybridized carbons (Fsp3) is 0.273. The van der Waals surface area contributed by atoms with Crippen LogP contribution in [0.5, 0.6) is 17.2 Å². The fourth-order valence-electron chi connectivity index (χ4n) is 4.42. The first-order valence-electron chi connectivity index (χ1n) is 12.8. The van der Waals surface area contributed by atoms with Crippen LogP contribution in [-0.4, -0.2) is 20.3 Å². The van der Waals surface area contributed by atoms with Crippen molar-refractivity contribution in [1.29, 1.82) is 0 Å². The van der Waals surface area contributed by atoms with Crippen LogP contribution in [0.4, 0.5) is 0 Å². The van der Waals surface area contributed by atoms with Crippen LogP contribution < -0.4 is 14.2 Å². The van der Waals surface area contributed by atoms with E-state index in [0.29, 0.717) is 19.1 Å². The third kappa shape index (κ3) is 6.28. The van der Waals surface area contributed by atoms with E-state index in [2.05, 4.69) is 75.4 Å². The van der Waals surface area contributed by atoms with Gasteiger partial charge in [0.25, 0.3) is 0 Å². The maximum absolute atomic E-state index is 6.21. The molecule has 36 heavy (non-hydrogen) atoms. The molecule has 3 heteroatoms. The summed E-state index contributed by atoms with van der Waals surface area (Å²) in [5.74, 6) is 3.09. The van der Waals surface area contributed by atoms with E-state index in [9.17, 15) is 0 Å². The highest BCUT2D eigenvalue weighted by atomic mass is 16.5. The quantitative estimate of drug-likeness (QED) is 0.202. The molecule has 0 saturated carbocycles. The largest absolute Gasteiger partial charge is 0.496 e. The summed E-state index contributed by atoms with van der Waals surface area (Å²) in [6, 6.07) is 31.4. The van der Waals surface area contributed by atoms with Crippen LogP contribution in [0.15, 0.2) is 91.0 Å². The van der Waals surface area contributed by atoms with E-state index >= 15 is 0 Å². The molecule has 4 aromatic carbocycles. The number of para-hydroxylation sites is 1. The number of hydrogen-bond donors (Lipinski definition) is 0. The van der Waals surface area contributed by atoms with Gasteiger partial charge in [0, 0.05) is 5.56 Å². The molecule has 0 bridgehead atoms. The zero-order valence-corrected chi connectivity index (χ0v) is 21.8. The minimum atomic E-state index is 0.425. The average molecular weight is 481 g/mol. The number of rotatable bonds is 11. The molecule has 4 aromatic rings. The van der Waals surface area contributed by atoms with Crippen LogP contribution in [0.3, 0.4) is 0 Å². The van der Waals surface area contributed by atoms with Crippen LogP contribution in [0, 0.1) is 5.92 Å². The highest BCUT2D eigenvalue weighted by molar-refractivity contribution is 5.77. The third-order valence-corrected chi connectivity index (χ3v) is 6.25. The fourth-order valence-corrected chi connectivity index (χ4v) is 4.42. The number of hydrogen-bond acceptors (Lipinski definition) is 3. The molecule has 0 unspecified atom stereocenters. The lowest BCUT2D eigenvalue weighted by molar-refractivity contribution is 0.218. The Kier molecular flexibility index (Phi) is 8.67. The standard InChI is InChI=1S/C33H36O3/c1-5-25-13-19-28(20-14-25)33-31(34-4)11-8-12-32(33)36-22-21-35-30-10-7-6-9-29(30)27-17-15-26(16-18-27)23-24(2)3/h6-20,24H,5,21-23H2,1-4H3. The lowest BCUT2D eigenvalue weighted by Crippen LogP contribution is -2.10. The summed E-state index contributed by atoms with van der Waals surface area (Å²) in [6.07, 6.45) is 2.10. The molecular weight excluding hydrogens is 444 g/mol. The van der Waals surface area contributed by atoms with Crippen molar-refractivity contribution in [1.82, 2.24) is 0 Å². The van der Waals surface area contributed by atoms with Crippen molar-refractivity contribution in [2.45, 2.75) is 33.6 Å². The van der Waals surface area contributed by atoms with Crippen molar-refractivity contribution in [2.24, 2.45) is 5.92 Å². The predicted molar refractivity (Wildman–Crippen MR) is 149 cm³/mol. The monoisotopic (exact) mass is 480 g/mol. The van der Waals surface area contributed by atoms with E-state index < -0.39 is 0 Å². The van der Waals surface area contributed by atoms with Gasteiger partial charge in [-0.1, -0.05) is 93.6 Å². The normalized spacial score (nSPS) is 10.9. The SMILES string of the molecule is CCc1ccc(-c2c(OC)cccc2OCCOc2ccccc2-c2ccc(CC(C)C)cc2)cc1. The Morgan fingerprint density at radius 1 is 0.611 bits per heavy atom. The van der Waals surface area contributed by atoms with Crippen LogP contribution in [-0.2, 0) is 12.8 Å². The molecule has 0 aliphatic rings. The van der Waals surface area contributed by atoms with Gasteiger partial charge < -0.3 is 14.2 Å². The van der Waals surface area contributed by atoms with Gasteiger partial charge in [-0.15, -0.1) is 0 Å². The Morgan fingerprint density at radius 2 is 1.19 bits per heavy atom.